The molecule has 88 valence electrons. The lowest BCUT2D eigenvalue weighted by Gasteiger charge is -2.03. The molecule has 2 N–H and O–H groups in total. The molecule has 0 saturated heterocycles. The van der Waals surface area contributed by atoms with Crippen LogP contribution in [0, 0.1) is 5.92 Å². The minimum atomic E-state index is -0.500. The number of allylic oxidation sites excluding steroid dienone is 2. The van der Waals surface area contributed by atoms with Crippen molar-refractivity contribution in [3.63, 3.8) is 0 Å². The zero-order chi connectivity index (χ0) is 11.1. The van der Waals surface area contributed by atoms with E-state index < -0.39 is 12.2 Å². The van der Waals surface area contributed by atoms with E-state index in [9.17, 15) is 10.2 Å². The zero-order valence-electron chi connectivity index (χ0n) is 9.73. The molecular weight excluding hydrogens is 188 g/mol. The van der Waals surface area contributed by atoms with Crippen LogP contribution in [0.4, 0.5) is 0 Å². The third-order valence-electron chi connectivity index (χ3n) is 3.17. The predicted molar refractivity (Wildman–Crippen MR) is 62.6 cm³/mol. The Morgan fingerprint density at radius 2 is 1.73 bits per heavy atom. The molecule has 2 atom stereocenters. The first-order valence-corrected chi connectivity index (χ1v) is 6.26. The third kappa shape index (κ3) is 4.80. The number of aliphatic hydroxyl groups excluding tert-OH is 2. The van der Waals surface area contributed by atoms with E-state index in [0.717, 1.165) is 19.3 Å². The van der Waals surface area contributed by atoms with E-state index in [1.165, 1.54) is 25.7 Å². The number of aliphatic hydroxyl groups is 2. The lowest BCUT2D eigenvalue weighted by molar-refractivity contribution is 0.0438. The molecule has 0 aromatic heterocycles. The van der Waals surface area contributed by atoms with E-state index in [4.69, 9.17) is 0 Å². The van der Waals surface area contributed by atoms with E-state index in [0.29, 0.717) is 5.92 Å². The molecule has 0 aromatic carbocycles. The van der Waals surface area contributed by atoms with Gasteiger partial charge in [-0.3, -0.25) is 0 Å². The molecule has 1 fully saturated rings. The van der Waals surface area contributed by atoms with Gasteiger partial charge >= 0.3 is 0 Å². The van der Waals surface area contributed by atoms with Crippen molar-refractivity contribution in [3.8, 4) is 0 Å². The van der Waals surface area contributed by atoms with Crippen molar-refractivity contribution in [1.29, 1.82) is 0 Å². The fraction of sp³-hybridized carbons (Fsp3) is 0.846. The summed E-state index contributed by atoms with van der Waals surface area (Å²) in [5.74, 6) is 0.390. The second-order valence-corrected chi connectivity index (χ2v) is 4.64. The standard InChI is InChI=1S/C13H24O2/c1-2-3-4-5-6-7-8-11-9-12(14)13(15)10-11/h7-8,11-15H,2-6,9-10H2,1H3. The fourth-order valence-corrected chi connectivity index (χ4v) is 2.17. The highest BCUT2D eigenvalue weighted by Crippen LogP contribution is 2.27. The molecule has 0 aromatic rings. The summed E-state index contributed by atoms with van der Waals surface area (Å²) >= 11 is 0. The lowest BCUT2D eigenvalue weighted by atomic mass is 10.1. The van der Waals surface area contributed by atoms with Gasteiger partial charge in [-0.15, -0.1) is 0 Å². The van der Waals surface area contributed by atoms with Crippen molar-refractivity contribution < 1.29 is 10.2 Å². The molecule has 0 bridgehead atoms. The van der Waals surface area contributed by atoms with Gasteiger partial charge < -0.3 is 10.2 Å². The van der Waals surface area contributed by atoms with Crippen LogP contribution in [0.1, 0.15) is 51.9 Å². The van der Waals surface area contributed by atoms with Gasteiger partial charge in [0.25, 0.3) is 0 Å². The largest absolute Gasteiger partial charge is 0.390 e. The predicted octanol–water partition coefficient (Wildman–Crippen LogP) is 2.64. The fourth-order valence-electron chi connectivity index (χ4n) is 2.17. The van der Waals surface area contributed by atoms with Gasteiger partial charge in [-0.1, -0.05) is 38.3 Å². The normalized spacial score (nSPS) is 31.5. The Hall–Kier alpha value is -0.340. The lowest BCUT2D eigenvalue weighted by Crippen LogP contribution is -2.17. The van der Waals surface area contributed by atoms with Crippen LogP contribution in [-0.2, 0) is 0 Å². The molecule has 0 aliphatic heterocycles. The molecule has 0 radical (unpaired) electrons. The zero-order valence-corrected chi connectivity index (χ0v) is 9.73. The second kappa shape index (κ2) is 7.02. The van der Waals surface area contributed by atoms with Crippen LogP contribution in [0.25, 0.3) is 0 Å². The summed E-state index contributed by atoms with van der Waals surface area (Å²) in [7, 11) is 0. The van der Waals surface area contributed by atoms with Gasteiger partial charge in [0, 0.05) is 0 Å². The number of rotatable bonds is 6. The Morgan fingerprint density at radius 1 is 1.07 bits per heavy atom. The van der Waals surface area contributed by atoms with Crippen LogP contribution in [0.3, 0.4) is 0 Å². The average Bonchev–Trinajstić information content (AvgIpc) is 2.52. The molecule has 0 amide bonds. The Kier molecular flexibility index (Phi) is 5.96. The molecule has 2 unspecified atom stereocenters. The monoisotopic (exact) mass is 212 g/mol. The molecule has 1 aliphatic rings. The maximum absolute atomic E-state index is 9.36. The summed E-state index contributed by atoms with van der Waals surface area (Å²) in [5, 5.41) is 18.7. The van der Waals surface area contributed by atoms with Crippen LogP contribution in [0.2, 0.25) is 0 Å². The maximum atomic E-state index is 9.36. The van der Waals surface area contributed by atoms with Crippen LogP contribution >= 0.6 is 0 Å². The third-order valence-corrected chi connectivity index (χ3v) is 3.17. The summed E-state index contributed by atoms with van der Waals surface area (Å²) in [5.41, 5.74) is 0. The topological polar surface area (TPSA) is 40.5 Å². The maximum Gasteiger partial charge on any atom is 0.0805 e. The van der Waals surface area contributed by atoms with Gasteiger partial charge in [0.2, 0.25) is 0 Å². The van der Waals surface area contributed by atoms with Gasteiger partial charge in [-0.2, -0.15) is 0 Å². The minimum Gasteiger partial charge on any atom is -0.390 e. The summed E-state index contributed by atoms with van der Waals surface area (Å²) in [6.07, 6.45) is 11.2. The molecule has 1 saturated carbocycles. The van der Waals surface area contributed by atoms with Gasteiger partial charge in [0.05, 0.1) is 12.2 Å². The van der Waals surface area contributed by atoms with Crippen LogP contribution in [0.15, 0.2) is 12.2 Å². The van der Waals surface area contributed by atoms with E-state index in [-0.39, 0.29) is 0 Å². The Balaban J connectivity index is 2.06. The molecule has 0 heterocycles. The highest BCUT2D eigenvalue weighted by atomic mass is 16.3. The SMILES string of the molecule is CCCCCCC=CC1CC(O)C(O)C1. The highest BCUT2D eigenvalue weighted by Gasteiger charge is 2.29. The van der Waals surface area contributed by atoms with Crippen molar-refractivity contribution in [2.24, 2.45) is 5.92 Å². The van der Waals surface area contributed by atoms with Gasteiger partial charge in [-0.25, -0.2) is 0 Å². The minimum absolute atomic E-state index is 0.390. The van der Waals surface area contributed by atoms with Gasteiger partial charge in [0.1, 0.15) is 0 Å². The first-order chi connectivity index (χ1) is 7.24. The van der Waals surface area contributed by atoms with Crippen molar-refractivity contribution in [1.82, 2.24) is 0 Å². The highest BCUT2D eigenvalue weighted by molar-refractivity contribution is 4.96. The van der Waals surface area contributed by atoms with Crippen LogP contribution in [0.5, 0.6) is 0 Å². The molecule has 2 heteroatoms. The molecule has 1 aliphatic carbocycles. The molecule has 1 rings (SSSR count). The van der Waals surface area contributed by atoms with Crippen LogP contribution < -0.4 is 0 Å². The number of unbranched alkanes of at least 4 members (excludes halogenated alkanes) is 4. The first kappa shape index (κ1) is 12.7. The summed E-state index contributed by atoms with van der Waals surface area (Å²) in [4.78, 5) is 0. The Bertz CT molecular complexity index is 179. The molecule has 15 heavy (non-hydrogen) atoms. The van der Waals surface area contributed by atoms with E-state index in [1.807, 2.05) is 0 Å². The summed E-state index contributed by atoms with van der Waals surface area (Å²) < 4.78 is 0. The summed E-state index contributed by atoms with van der Waals surface area (Å²) in [6.45, 7) is 2.22. The van der Waals surface area contributed by atoms with Crippen molar-refractivity contribution in [2.45, 2.75) is 64.1 Å². The smallest absolute Gasteiger partial charge is 0.0805 e. The number of hydrogen-bond donors (Lipinski definition) is 2. The Labute approximate surface area is 93.0 Å². The molecular formula is C13H24O2. The van der Waals surface area contributed by atoms with Crippen molar-refractivity contribution >= 4 is 0 Å². The van der Waals surface area contributed by atoms with Gasteiger partial charge in [0.15, 0.2) is 0 Å². The average molecular weight is 212 g/mol. The summed E-state index contributed by atoms with van der Waals surface area (Å²) in [6, 6.07) is 0. The van der Waals surface area contributed by atoms with E-state index in [1.54, 1.807) is 0 Å². The van der Waals surface area contributed by atoms with Gasteiger partial charge in [-0.05, 0) is 31.6 Å². The van der Waals surface area contributed by atoms with E-state index >= 15 is 0 Å². The number of hydrogen-bond acceptors (Lipinski definition) is 2. The molecule has 0 spiro atoms. The van der Waals surface area contributed by atoms with Crippen LogP contribution in [-0.4, -0.2) is 22.4 Å². The first-order valence-electron chi connectivity index (χ1n) is 6.26. The van der Waals surface area contributed by atoms with E-state index in [2.05, 4.69) is 19.1 Å². The van der Waals surface area contributed by atoms with Crippen molar-refractivity contribution in [3.05, 3.63) is 12.2 Å². The molecule has 2 nitrogen and oxygen atoms in total. The Morgan fingerprint density at radius 3 is 2.33 bits per heavy atom. The second-order valence-electron chi connectivity index (χ2n) is 4.64. The quantitative estimate of drug-likeness (QED) is 0.525. The van der Waals surface area contributed by atoms with Crippen molar-refractivity contribution in [2.75, 3.05) is 0 Å².